The molecule has 2 rings (SSSR count). The minimum absolute atomic E-state index is 0.779. The molecular weight excluding hydrogens is 220 g/mol. The lowest BCUT2D eigenvalue weighted by Gasteiger charge is -1.98. The lowest BCUT2D eigenvalue weighted by molar-refractivity contribution is 0.500. The van der Waals surface area contributed by atoms with Crippen molar-refractivity contribution in [3.05, 3.63) is 35.2 Å². The van der Waals surface area contributed by atoms with Crippen LogP contribution < -0.4 is 0 Å². The van der Waals surface area contributed by atoms with Crippen LogP contribution in [0, 0.1) is 0 Å². The minimum atomic E-state index is 0.779. The Balaban J connectivity index is 2.10. The van der Waals surface area contributed by atoms with Crippen LogP contribution in [0.1, 0.15) is 38.4 Å². The third kappa shape index (κ3) is 2.41. The summed E-state index contributed by atoms with van der Waals surface area (Å²) < 4.78 is 5.59. The first kappa shape index (κ1) is 11.5. The molecule has 0 atom stereocenters. The summed E-state index contributed by atoms with van der Waals surface area (Å²) in [6.45, 7) is 2.22. The first-order chi connectivity index (χ1) is 7.83. The van der Waals surface area contributed by atoms with E-state index in [-0.39, 0.29) is 0 Å². The van der Waals surface area contributed by atoms with Crippen LogP contribution in [0.2, 0.25) is 5.02 Å². The standard InChI is InChI=1S/C14H17ClO/c1-2-3-4-5-9-14-11-7-6-8-13(15)12(11)10-16-14/h6-8,10H,2-5,9H2,1H3. The van der Waals surface area contributed by atoms with E-state index in [1.54, 1.807) is 6.26 Å². The largest absolute Gasteiger partial charge is 0.468 e. The van der Waals surface area contributed by atoms with Gasteiger partial charge in [-0.2, -0.15) is 0 Å². The van der Waals surface area contributed by atoms with Gasteiger partial charge in [0.1, 0.15) is 12.0 Å². The Morgan fingerprint density at radius 3 is 2.81 bits per heavy atom. The number of hydrogen-bond donors (Lipinski definition) is 0. The Morgan fingerprint density at radius 2 is 2.00 bits per heavy atom. The number of aryl methyl sites for hydroxylation is 1. The van der Waals surface area contributed by atoms with Gasteiger partial charge in [0.05, 0.1) is 5.02 Å². The quantitative estimate of drug-likeness (QED) is 0.650. The van der Waals surface area contributed by atoms with E-state index in [0.29, 0.717) is 0 Å². The fraction of sp³-hybridized carbons (Fsp3) is 0.429. The lowest BCUT2D eigenvalue weighted by atomic mass is 10.1. The Morgan fingerprint density at radius 1 is 1.12 bits per heavy atom. The number of halogens is 1. The van der Waals surface area contributed by atoms with E-state index in [4.69, 9.17) is 16.0 Å². The highest BCUT2D eigenvalue weighted by molar-refractivity contribution is 6.35. The average Bonchev–Trinajstić information content (AvgIpc) is 2.70. The van der Waals surface area contributed by atoms with Crippen molar-refractivity contribution >= 4 is 22.4 Å². The van der Waals surface area contributed by atoms with Gasteiger partial charge in [0.25, 0.3) is 0 Å². The molecule has 1 heterocycles. The zero-order valence-electron chi connectivity index (χ0n) is 9.63. The topological polar surface area (TPSA) is 13.1 Å². The van der Waals surface area contributed by atoms with Gasteiger partial charge in [-0.05, 0) is 12.5 Å². The molecule has 0 saturated carbocycles. The number of benzene rings is 1. The van der Waals surface area contributed by atoms with Crippen molar-refractivity contribution < 1.29 is 4.42 Å². The van der Waals surface area contributed by atoms with Gasteiger partial charge < -0.3 is 4.42 Å². The predicted octanol–water partition coefficient (Wildman–Crippen LogP) is 5.21. The molecule has 0 bridgehead atoms. The lowest BCUT2D eigenvalue weighted by Crippen LogP contribution is -1.83. The van der Waals surface area contributed by atoms with Crippen LogP contribution in [0.15, 0.2) is 28.9 Å². The third-order valence-corrected chi connectivity index (χ3v) is 3.26. The summed E-state index contributed by atoms with van der Waals surface area (Å²) in [6, 6.07) is 5.97. The van der Waals surface area contributed by atoms with E-state index < -0.39 is 0 Å². The van der Waals surface area contributed by atoms with Crippen molar-refractivity contribution in [3.63, 3.8) is 0 Å². The Bertz CT molecular complexity index is 459. The summed E-state index contributed by atoms with van der Waals surface area (Å²) in [5.41, 5.74) is 0. The Kier molecular flexibility index (Phi) is 3.89. The SMILES string of the molecule is CCCCCCc1occ2c(Cl)cccc12. The second-order valence-corrected chi connectivity index (χ2v) is 4.58. The van der Waals surface area contributed by atoms with Crippen molar-refractivity contribution in [2.75, 3.05) is 0 Å². The highest BCUT2D eigenvalue weighted by atomic mass is 35.5. The number of fused-ring (bicyclic) bond motifs is 1. The predicted molar refractivity (Wildman–Crippen MR) is 69.1 cm³/mol. The van der Waals surface area contributed by atoms with Crippen LogP contribution in [-0.4, -0.2) is 0 Å². The van der Waals surface area contributed by atoms with Gasteiger partial charge in [0, 0.05) is 17.2 Å². The normalized spacial score (nSPS) is 11.1. The van der Waals surface area contributed by atoms with Crippen LogP contribution in [0.5, 0.6) is 0 Å². The van der Waals surface area contributed by atoms with Crippen LogP contribution in [0.4, 0.5) is 0 Å². The first-order valence-corrected chi connectivity index (χ1v) is 6.35. The van der Waals surface area contributed by atoms with E-state index >= 15 is 0 Å². The maximum absolute atomic E-state index is 6.09. The fourth-order valence-electron chi connectivity index (χ4n) is 2.00. The molecular formula is C14H17ClO. The van der Waals surface area contributed by atoms with E-state index in [2.05, 4.69) is 13.0 Å². The van der Waals surface area contributed by atoms with E-state index in [9.17, 15) is 0 Å². The summed E-state index contributed by atoms with van der Waals surface area (Å²) in [5.74, 6) is 1.08. The van der Waals surface area contributed by atoms with Gasteiger partial charge in [0.15, 0.2) is 0 Å². The van der Waals surface area contributed by atoms with Crippen LogP contribution in [0.3, 0.4) is 0 Å². The Hall–Kier alpha value is -0.950. The van der Waals surface area contributed by atoms with Crippen LogP contribution in [0.25, 0.3) is 10.8 Å². The molecule has 0 aliphatic carbocycles. The second kappa shape index (κ2) is 5.40. The number of rotatable bonds is 5. The second-order valence-electron chi connectivity index (χ2n) is 4.17. The van der Waals surface area contributed by atoms with Crippen molar-refractivity contribution in [2.24, 2.45) is 0 Å². The first-order valence-electron chi connectivity index (χ1n) is 5.97. The van der Waals surface area contributed by atoms with Gasteiger partial charge in [-0.25, -0.2) is 0 Å². The van der Waals surface area contributed by atoms with Crippen LogP contribution >= 0.6 is 11.6 Å². The number of hydrogen-bond acceptors (Lipinski definition) is 1. The molecule has 2 aromatic rings. The maximum Gasteiger partial charge on any atom is 0.111 e. The van der Waals surface area contributed by atoms with E-state index in [1.807, 2.05) is 12.1 Å². The third-order valence-electron chi connectivity index (χ3n) is 2.93. The molecule has 1 nitrogen and oxygen atoms in total. The van der Waals surface area contributed by atoms with E-state index in [0.717, 1.165) is 22.6 Å². The smallest absolute Gasteiger partial charge is 0.111 e. The molecule has 1 aromatic heterocycles. The zero-order chi connectivity index (χ0) is 11.4. The summed E-state index contributed by atoms with van der Waals surface area (Å²) in [4.78, 5) is 0. The van der Waals surface area contributed by atoms with Gasteiger partial charge in [-0.15, -0.1) is 0 Å². The van der Waals surface area contributed by atoms with Gasteiger partial charge in [-0.3, -0.25) is 0 Å². The molecule has 0 spiro atoms. The van der Waals surface area contributed by atoms with Crippen LogP contribution in [-0.2, 0) is 6.42 Å². The molecule has 86 valence electrons. The molecule has 0 aliphatic heterocycles. The molecule has 0 radical (unpaired) electrons. The summed E-state index contributed by atoms with van der Waals surface area (Å²) in [6.07, 6.45) is 7.84. The summed E-state index contributed by atoms with van der Waals surface area (Å²) in [5, 5.41) is 2.99. The van der Waals surface area contributed by atoms with E-state index in [1.165, 1.54) is 31.1 Å². The molecule has 0 saturated heterocycles. The number of unbranched alkanes of at least 4 members (excludes halogenated alkanes) is 3. The molecule has 0 unspecified atom stereocenters. The number of furan rings is 1. The zero-order valence-corrected chi connectivity index (χ0v) is 10.4. The molecule has 16 heavy (non-hydrogen) atoms. The molecule has 0 aliphatic rings. The summed E-state index contributed by atoms with van der Waals surface area (Å²) in [7, 11) is 0. The van der Waals surface area contributed by atoms with Gasteiger partial charge in [-0.1, -0.05) is 49.9 Å². The fourth-order valence-corrected chi connectivity index (χ4v) is 2.22. The highest BCUT2D eigenvalue weighted by Gasteiger charge is 2.07. The molecule has 0 N–H and O–H groups in total. The molecule has 0 amide bonds. The maximum atomic E-state index is 6.09. The minimum Gasteiger partial charge on any atom is -0.468 e. The van der Waals surface area contributed by atoms with Crippen molar-refractivity contribution in [1.82, 2.24) is 0 Å². The monoisotopic (exact) mass is 236 g/mol. The molecule has 2 heteroatoms. The van der Waals surface area contributed by atoms with Crippen molar-refractivity contribution in [1.29, 1.82) is 0 Å². The highest BCUT2D eigenvalue weighted by Crippen LogP contribution is 2.28. The van der Waals surface area contributed by atoms with Gasteiger partial charge >= 0.3 is 0 Å². The molecule has 0 fully saturated rings. The Labute approximate surface area is 101 Å². The summed E-state index contributed by atoms with van der Waals surface area (Å²) >= 11 is 6.09. The van der Waals surface area contributed by atoms with Crippen molar-refractivity contribution in [2.45, 2.75) is 39.0 Å². The van der Waals surface area contributed by atoms with Crippen molar-refractivity contribution in [3.8, 4) is 0 Å². The average molecular weight is 237 g/mol. The molecule has 1 aromatic carbocycles. The van der Waals surface area contributed by atoms with Gasteiger partial charge in [0.2, 0.25) is 0 Å².